The predicted octanol–water partition coefficient (Wildman–Crippen LogP) is 1.98. The summed E-state index contributed by atoms with van der Waals surface area (Å²) in [5.41, 5.74) is -0.495. The van der Waals surface area contributed by atoms with Crippen molar-refractivity contribution in [1.82, 2.24) is 24.4 Å². The SMILES string of the molecule is Cn1c(=O)n(-c2ccc(CC(NC(=O)c3ccc(N(c4ccncc4)S(=O)[O-])cc3F)C(=O)O)cc2)c(=O)c2ccncc21. The molecule has 5 rings (SSSR count). The van der Waals surface area contributed by atoms with Crippen LogP contribution in [0.1, 0.15) is 15.9 Å². The Morgan fingerprint density at radius 1 is 1.02 bits per heavy atom. The van der Waals surface area contributed by atoms with Crippen molar-refractivity contribution in [3.8, 4) is 5.69 Å². The van der Waals surface area contributed by atoms with Crippen molar-refractivity contribution in [2.45, 2.75) is 12.5 Å². The van der Waals surface area contributed by atoms with Crippen LogP contribution in [0.25, 0.3) is 16.6 Å². The normalized spacial score (nSPS) is 12.4. The maximum Gasteiger partial charge on any atom is 0.335 e. The van der Waals surface area contributed by atoms with E-state index in [1.54, 1.807) is 0 Å². The van der Waals surface area contributed by atoms with Crippen LogP contribution in [0.2, 0.25) is 0 Å². The number of aliphatic carboxylic acids is 1. The Labute approximate surface area is 250 Å². The Kier molecular flexibility index (Phi) is 8.41. The molecule has 0 aliphatic carbocycles. The van der Waals surface area contributed by atoms with Crippen molar-refractivity contribution in [2.75, 3.05) is 4.31 Å². The summed E-state index contributed by atoms with van der Waals surface area (Å²) in [5, 5.41) is 12.3. The molecule has 3 heterocycles. The van der Waals surface area contributed by atoms with Gasteiger partial charge in [-0.25, -0.2) is 18.5 Å². The summed E-state index contributed by atoms with van der Waals surface area (Å²) in [7, 11) is 1.51. The quantitative estimate of drug-likeness (QED) is 0.234. The number of pyridine rings is 2. The lowest BCUT2D eigenvalue weighted by molar-refractivity contribution is -0.139. The van der Waals surface area contributed by atoms with Crippen LogP contribution in [0.4, 0.5) is 15.8 Å². The first-order chi connectivity index (χ1) is 21.1. The van der Waals surface area contributed by atoms with Gasteiger partial charge in [0.05, 0.1) is 51.0 Å². The van der Waals surface area contributed by atoms with Gasteiger partial charge < -0.3 is 15.0 Å². The largest absolute Gasteiger partial charge is 0.755 e. The topological polar surface area (TPSA) is 180 Å². The molecule has 0 fully saturated rings. The number of nitrogens with one attached hydrogen (secondary N) is 1. The molecular formula is C29H22FN6O7S-. The van der Waals surface area contributed by atoms with Gasteiger partial charge in [0.2, 0.25) is 0 Å². The Bertz CT molecular complexity index is 2030. The smallest absolute Gasteiger partial charge is 0.335 e. The van der Waals surface area contributed by atoms with E-state index in [1.807, 2.05) is 0 Å². The molecule has 44 heavy (non-hydrogen) atoms. The molecular weight excluding hydrogens is 595 g/mol. The number of nitrogens with zero attached hydrogens (tertiary/aromatic N) is 5. The highest BCUT2D eigenvalue weighted by Gasteiger charge is 2.24. The standard InChI is InChI=1S/C29H23FN6O7S/c1-34-25-16-32-13-10-22(25)27(38)35(29(34)41)18-4-2-17(3-5-18)14-24(28(39)40)33-26(37)21-7-6-20(15-23(21)30)36(44(42)43)19-8-11-31-12-9-19/h2-13,15-16,24H,14H2,1H3,(H,33,37)(H,39,40)(H,42,43)/p-1. The number of carboxylic acid groups (broad SMARTS) is 1. The van der Waals surface area contributed by atoms with Gasteiger partial charge in [-0.15, -0.1) is 0 Å². The van der Waals surface area contributed by atoms with Crippen LogP contribution in [0.3, 0.4) is 0 Å². The lowest BCUT2D eigenvalue weighted by atomic mass is 10.0. The highest BCUT2D eigenvalue weighted by Crippen LogP contribution is 2.28. The molecule has 2 N–H and O–H groups in total. The minimum Gasteiger partial charge on any atom is -0.755 e. The zero-order valence-corrected chi connectivity index (χ0v) is 23.6. The zero-order valence-electron chi connectivity index (χ0n) is 22.8. The number of carbonyl (C=O) groups is 2. The van der Waals surface area contributed by atoms with Crippen LogP contribution in [-0.4, -0.2) is 50.9 Å². The van der Waals surface area contributed by atoms with Crippen LogP contribution in [0, 0.1) is 5.82 Å². The highest BCUT2D eigenvalue weighted by molar-refractivity contribution is 7.81. The van der Waals surface area contributed by atoms with E-state index >= 15 is 4.39 Å². The van der Waals surface area contributed by atoms with Crippen LogP contribution in [0.15, 0.2) is 95.0 Å². The predicted molar refractivity (Wildman–Crippen MR) is 157 cm³/mol. The molecule has 224 valence electrons. The van der Waals surface area contributed by atoms with Gasteiger partial charge in [-0.3, -0.25) is 32.6 Å². The molecule has 15 heteroatoms. The van der Waals surface area contributed by atoms with Crippen LogP contribution >= 0.6 is 0 Å². The number of aromatic nitrogens is 4. The van der Waals surface area contributed by atoms with E-state index in [0.29, 0.717) is 11.1 Å². The molecule has 5 aromatic rings. The number of anilines is 2. The second kappa shape index (κ2) is 12.4. The summed E-state index contributed by atoms with van der Waals surface area (Å²) in [4.78, 5) is 58.6. The number of rotatable bonds is 9. The van der Waals surface area contributed by atoms with Gasteiger partial charge in [-0.1, -0.05) is 12.1 Å². The number of carboxylic acids is 1. The fourth-order valence-electron chi connectivity index (χ4n) is 4.59. The van der Waals surface area contributed by atoms with E-state index < -0.39 is 51.8 Å². The van der Waals surface area contributed by atoms with E-state index in [2.05, 4.69) is 15.3 Å². The minimum atomic E-state index is -2.82. The molecule has 0 saturated carbocycles. The fraction of sp³-hybridized carbons (Fsp3) is 0.103. The van der Waals surface area contributed by atoms with Gasteiger partial charge in [0.25, 0.3) is 11.5 Å². The summed E-state index contributed by atoms with van der Waals surface area (Å²) >= 11 is -2.82. The third-order valence-electron chi connectivity index (χ3n) is 6.79. The third-order valence-corrected chi connectivity index (χ3v) is 7.51. The summed E-state index contributed by atoms with van der Waals surface area (Å²) in [6, 6.07) is 11.9. The average Bonchev–Trinajstić information content (AvgIpc) is 3.01. The Hall–Kier alpha value is -5.54. The second-order valence-electron chi connectivity index (χ2n) is 9.49. The maximum atomic E-state index is 15.0. The maximum absolute atomic E-state index is 15.0. The van der Waals surface area contributed by atoms with Crippen molar-refractivity contribution in [1.29, 1.82) is 0 Å². The number of fused-ring (bicyclic) bond motifs is 1. The van der Waals surface area contributed by atoms with E-state index in [4.69, 9.17) is 0 Å². The number of hydrogen-bond acceptors (Lipinski definition) is 8. The highest BCUT2D eigenvalue weighted by atomic mass is 32.2. The van der Waals surface area contributed by atoms with Gasteiger partial charge in [0, 0.05) is 32.1 Å². The number of carbonyl (C=O) groups excluding carboxylic acids is 1. The van der Waals surface area contributed by atoms with E-state index in [9.17, 15) is 33.0 Å². The van der Waals surface area contributed by atoms with Gasteiger partial charge >= 0.3 is 11.7 Å². The molecule has 3 aromatic heterocycles. The number of aryl methyl sites for hydroxylation is 1. The van der Waals surface area contributed by atoms with Gasteiger partial charge in [0.1, 0.15) is 11.9 Å². The van der Waals surface area contributed by atoms with Crippen molar-refractivity contribution >= 4 is 45.4 Å². The monoisotopic (exact) mass is 617 g/mol. The van der Waals surface area contributed by atoms with Gasteiger partial charge in [0.15, 0.2) is 0 Å². The average molecular weight is 618 g/mol. The van der Waals surface area contributed by atoms with Crippen molar-refractivity contribution in [3.05, 3.63) is 123 Å². The Morgan fingerprint density at radius 3 is 2.34 bits per heavy atom. The number of hydrogen-bond donors (Lipinski definition) is 2. The van der Waals surface area contributed by atoms with Crippen molar-refractivity contribution in [2.24, 2.45) is 7.05 Å². The summed E-state index contributed by atoms with van der Waals surface area (Å²) in [6.07, 6.45) is 5.36. The molecule has 2 aromatic carbocycles. The zero-order chi connectivity index (χ0) is 31.5. The Morgan fingerprint density at radius 2 is 1.70 bits per heavy atom. The van der Waals surface area contributed by atoms with E-state index in [1.165, 1.54) is 84.9 Å². The molecule has 1 amide bonds. The van der Waals surface area contributed by atoms with Crippen LogP contribution in [-0.2, 0) is 29.5 Å². The minimum absolute atomic E-state index is 0.0922. The van der Waals surface area contributed by atoms with Gasteiger partial charge in [-0.05, 0) is 54.1 Å². The van der Waals surface area contributed by atoms with E-state index in [-0.39, 0.29) is 28.9 Å². The summed E-state index contributed by atoms with van der Waals surface area (Å²) in [6.45, 7) is 0. The molecule has 13 nitrogen and oxygen atoms in total. The fourth-order valence-corrected chi connectivity index (χ4v) is 5.17. The molecule has 0 radical (unpaired) electrons. The molecule has 2 unspecified atom stereocenters. The second-order valence-corrected chi connectivity index (χ2v) is 10.3. The molecule has 0 saturated heterocycles. The first-order valence-corrected chi connectivity index (χ1v) is 13.9. The molecule has 0 aliphatic rings. The van der Waals surface area contributed by atoms with E-state index in [0.717, 1.165) is 21.0 Å². The van der Waals surface area contributed by atoms with Crippen molar-refractivity contribution in [3.63, 3.8) is 0 Å². The summed E-state index contributed by atoms with van der Waals surface area (Å²) < 4.78 is 41.7. The Balaban J connectivity index is 1.35. The van der Waals surface area contributed by atoms with Crippen molar-refractivity contribution < 1.29 is 27.8 Å². The number of amides is 1. The third kappa shape index (κ3) is 5.86. The number of benzene rings is 2. The molecule has 2 atom stereocenters. The lowest BCUT2D eigenvalue weighted by Gasteiger charge is -2.26. The first kappa shape index (κ1) is 29.9. The lowest BCUT2D eigenvalue weighted by Crippen LogP contribution is -2.42. The first-order valence-electron chi connectivity index (χ1n) is 12.8. The van der Waals surface area contributed by atoms with Gasteiger partial charge in [-0.2, -0.15) is 0 Å². The van der Waals surface area contributed by atoms with Crippen LogP contribution in [0.5, 0.6) is 0 Å². The molecule has 0 aliphatic heterocycles. The number of halogens is 1. The molecule has 0 bridgehead atoms. The summed E-state index contributed by atoms with van der Waals surface area (Å²) in [5.74, 6) is -3.49. The van der Waals surface area contributed by atoms with Crippen LogP contribution < -0.4 is 20.9 Å². The molecule has 0 spiro atoms.